The van der Waals surface area contributed by atoms with Crippen LogP contribution in [0.4, 0.5) is 11.9 Å². The molecule has 1 aromatic carbocycles. The molecule has 1 aliphatic carbocycles. The van der Waals surface area contributed by atoms with Crippen LogP contribution in [-0.4, -0.2) is 92.1 Å². The van der Waals surface area contributed by atoms with Crippen LogP contribution >= 0.6 is 0 Å². The fourth-order valence-corrected chi connectivity index (χ4v) is 7.74. The molecule has 2 aliphatic heterocycles. The van der Waals surface area contributed by atoms with Gasteiger partial charge in [-0.3, -0.25) is 0 Å². The molecule has 3 aliphatic rings. The minimum Gasteiger partial charge on any atom is -0.465 e. The molecular formula is C30H40N6O4S. The van der Waals surface area contributed by atoms with Crippen molar-refractivity contribution in [1.82, 2.24) is 19.9 Å². The smallest absolute Gasteiger partial charge is 0.337 e. The molecule has 0 unspecified atom stereocenters. The average molecular weight is 581 g/mol. The molecule has 0 spiro atoms. The second kappa shape index (κ2) is 11.5. The largest absolute Gasteiger partial charge is 0.465 e. The molecule has 220 valence electrons. The van der Waals surface area contributed by atoms with Crippen LogP contribution in [0, 0.1) is 10.8 Å². The van der Waals surface area contributed by atoms with E-state index in [2.05, 4.69) is 58.0 Å². The summed E-state index contributed by atoms with van der Waals surface area (Å²) in [4.78, 5) is 29.8. The van der Waals surface area contributed by atoms with Gasteiger partial charge in [0.15, 0.2) is 9.84 Å². The van der Waals surface area contributed by atoms with E-state index in [0.717, 1.165) is 31.5 Å². The fraction of sp³-hybridized carbons (Fsp3) is 0.533. The van der Waals surface area contributed by atoms with Crippen LogP contribution in [0.1, 0.15) is 49.5 Å². The average Bonchev–Trinajstić information content (AvgIpc) is 2.95. The first-order chi connectivity index (χ1) is 19.5. The molecule has 10 nitrogen and oxygen atoms in total. The Bertz CT molecular complexity index is 1440. The molecule has 11 heteroatoms. The number of sulfone groups is 1. The number of benzene rings is 1. The Labute approximate surface area is 242 Å². The van der Waals surface area contributed by atoms with Crippen LogP contribution in [0.3, 0.4) is 0 Å². The maximum absolute atomic E-state index is 11.9. The summed E-state index contributed by atoms with van der Waals surface area (Å²) in [5.41, 5.74) is 4.10. The Morgan fingerprint density at radius 1 is 1.07 bits per heavy atom. The highest BCUT2D eigenvalue weighted by molar-refractivity contribution is 7.91. The van der Waals surface area contributed by atoms with E-state index in [1.54, 1.807) is 6.33 Å². The number of anilines is 2. The van der Waals surface area contributed by atoms with E-state index >= 15 is 0 Å². The van der Waals surface area contributed by atoms with Gasteiger partial charge in [-0.2, -0.15) is 4.98 Å². The summed E-state index contributed by atoms with van der Waals surface area (Å²) in [5.74, 6) is 1.38. The van der Waals surface area contributed by atoms with Crippen molar-refractivity contribution in [3.8, 4) is 0 Å². The molecule has 1 fully saturated rings. The third-order valence-corrected chi connectivity index (χ3v) is 10.2. The van der Waals surface area contributed by atoms with Crippen molar-refractivity contribution in [3.63, 3.8) is 0 Å². The van der Waals surface area contributed by atoms with Gasteiger partial charge in [0.05, 0.1) is 24.2 Å². The van der Waals surface area contributed by atoms with Crippen molar-refractivity contribution >= 4 is 33.3 Å². The minimum absolute atomic E-state index is 0.0701. The van der Waals surface area contributed by atoms with Gasteiger partial charge >= 0.3 is 5.97 Å². The van der Waals surface area contributed by atoms with Gasteiger partial charge in [0.1, 0.15) is 6.33 Å². The van der Waals surface area contributed by atoms with Crippen LogP contribution < -0.4 is 10.2 Å². The first kappa shape index (κ1) is 29.2. The Hall–Kier alpha value is -3.31. The Morgan fingerprint density at radius 2 is 1.80 bits per heavy atom. The van der Waals surface area contributed by atoms with Crippen molar-refractivity contribution in [1.29, 1.82) is 0 Å². The second-order valence-electron chi connectivity index (χ2n) is 12.0. The lowest BCUT2D eigenvalue weighted by Crippen LogP contribution is -2.47. The van der Waals surface area contributed by atoms with Crippen LogP contribution in [0.25, 0.3) is 5.57 Å². The van der Waals surface area contributed by atoms with E-state index < -0.39 is 9.84 Å². The number of methoxy groups -OCH3 is 1. The normalized spacial score (nSPS) is 23.7. The summed E-state index contributed by atoms with van der Waals surface area (Å²) in [6, 6.07) is 7.67. The van der Waals surface area contributed by atoms with Crippen LogP contribution in [-0.2, 0) is 14.6 Å². The van der Waals surface area contributed by atoms with E-state index in [0.29, 0.717) is 43.6 Å². The number of carbonyl (C=O) groups is 1. The Kier molecular flexibility index (Phi) is 8.20. The van der Waals surface area contributed by atoms with Crippen molar-refractivity contribution in [2.24, 2.45) is 10.8 Å². The quantitative estimate of drug-likeness (QED) is 0.283. The zero-order chi connectivity index (χ0) is 29.3. The third kappa shape index (κ3) is 6.30. The maximum Gasteiger partial charge on any atom is 0.337 e. The van der Waals surface area contributed by atoms with Crippen molar-refractivity contribution in [2.75, 3.05) is 68.1 Å². The Morgan fingerprint density at radius 3 is 2.51 bits per heavy atom. The van der Waals surface area contributed by atoms with Crippen molar-refractivity contribution in [2.45, 2.75) is 33.6 Å². The summed E-state index contributed by atoms with van der Waals surface area (Å²) in [6.07, 6.45) is 7.99. The lowest BCUT2D eigenvalue weighted by Gasteiger charge is -2.50. The number of rotatable bonds is 8. The van der Waals surface area contributed by atoms with Crippen LogP contribution in [0.5, 0.6) is 0 Å². The molecule has 2 aromatic rings. The van der Waals surface area contributed by atoms with Crippen molar-refractivity contribution < 1.29 is 17.9 Å². The molecule has 0 amide bonds. The molecule has 1 aromatic heterocycles. The third-order valence-electron chi connectivity index (χ3n) is 8.64. The fourth-order valence-electron chi connectivity index (χ4n) is 6.47. The predicted octanol–water partition coefficient (Wildman–Crippen LogP) is 3.46. The van der Waals surface area contributed by atoms with E-state index in [1.165, 1.54) is 18.3 Å². The first-order valence-corrected chi connectivity index (χ1v) is 16.0. The number of nitrogens with zero attached hydrogens (tertiary/aromatic N) is 5. The van der Waals surface area contributed by atoms with E-state index in [-0.39, 0.29) is 28.3 Å². The summed E-state index contributed by atoms with van der Waals surface area (Å²) >= 11 is 0. The van der Waals surface area contributed by atoms with Gasteiger partial charge in [-0.15, -0.1) is 0 Å². The topological polar surface area (TPSA) is 118 Å². The van der Waals surface area contributed by atoms with Gasteiger partial charge in [-0.25, -0.2) is 23.2 Å². The molecule has 3 heterocycles. The molecule has 1 N–H and O–H groups in total. The lowest BCUT2D eigenvalue weighted by atomic mass is 9.58. The number of ether oxygens (including phenoxy) is 1. The first-order valence-electron chi connectivity index (χ1n) is 14.2. The number of nitrogens with one attached hydrogen (secondary N) is 1. The highest BCUT2D eigenvalue weighted by Crippen LogP contribution is 2.55. The summed E-state index contributed by atoms with van der Waals surface area (Å²) in [6.45, 7) is 11.1. The highest BCUT2D eigenvalue weighted by Gasteiger charge is 2.46. The van der Waals surface area contributed by atoms with Gasteiger partial charge in [0.2, 0.25) is 11.9 Å². The van der Waals surface area contributed by atoms with Gasteiger partial charge in [-0.1, -0.05) is 50.6 Å². The molecule has 41 heavy (non-hydrogen) atoms. The zero-order valence-corrected chi connectivity index (χ0v) is 25.2. The SMILES string of the molecule is COC(=O)c1ccc(C2=CC[C@]3(C)CN(c4ncnc(NCCCN5CCS(=O)(=O)CC5)n4)CC=C3C2(C)C)cc1. The Balaban J connectivity index is 1.22. The van der Waals surface area contributed by atoms with Gasteiger partial charge in [-0.05, 0) is 42.7 Å². The molecular weight excluding hydrogens is 540 g/mol. The maximum atomic E-state index is 11.9. The number of esters is 1. The summed E-state index contributed by atoms with van der Waals surface area (Å²) in [5, 5.41) is 3.31. The van der Waals surface area contributed by atoms with Gasteiger partial charge in [0, 0.05) is 43.6 Å². The van der Waals surface area contributed by atoms with E-state index in [4.69, 9.17) is 9.72 Å². The molecule has 5 rings (SSSR count). The van der Waals surface area contributed by atoms with Crippen molar-refractivity contribution in [3.05, 3.63) is 59.4 Å². The van der Waals surface area contributed by atoms with E-state index in [1.807, 2.05) is 24.3 Å². The molecule has 1 atom stereocenters. The number of carbonyl (C=O) groups excluding carboxylic acids is 1. The molecule has 0 bridgehead atoms. The van der Waals surface area contributed by atoms with Crippen LogP contribution in [0.2, 0.25) is 0 Å². The molecule has 1 saturated heterocycles. The lowest BCUT2D eigenvalue weighted by molar-refractivity contribution is 0.0600. The standard InChI is InChI=1S/C30H40N6O4S/c1-29(2)24(22-6-8-23(9-7-22)26(37)40-4)10-12-30(3)20-36(15-11-25(29)30)28-33-21-32-27(34-28)31-13-5-14-35-16-18-41(38,39)19-17-35/h6-11,21H,5,12-20H2,1-4H3,(H,31,32,33,34)/t30-/m1/s1. The van der Waals surface area contributed by atoms with Gasteiger partial charge in [0.25, 0.3) is 0 Å². The van der Waals surface area contributed by atoms with Gasteiger partial charge < -0.3 is 19.9 Å². The number of hydrogen-bond acceptors (Lipinski definition) is 10. The summed E-state index contributed by atoms with van der Waals surface area (Å²) < 4.78 is 28.1. The number of aromatic nitrogens is 3. The number of allylic oxidation sites excluding steroid dienone is 2. The molecule has 0 radical (unpaired) electrons. The highest BCUT2D eigenvalue weighted by atomic mass is 32.2. The minimum atomic E-state index is -2.85. The summed E-state index contributed by atoms with van der Waals surface area (Å²) in [7, 11) is -1.46. The van der Waals surface area contributed by atoms with E-state index in [9.17, 15) is 13.2 Å². The van der Waals surface area contributed by atoms with Crippen LogP contribution in [0.15, 0.2) is 48.3 Å². The monoisotopic (exact) mass is 580 g/mol. The number of fused-ring (bicyclic) bond motifs is 1. The molecule has 0 saturated carbocycles. The predicted molar refractivity (Wildman–Crippen MR) is 161 cm³/mol. The zero-order valence-electron chi connectivity index (χ0n) is 24.4. The second-order valence-corrected chi connectivity index (χ2v) is 14.3. The number of hydrogen-bond donors (Lipinski definition) is 1.